The van der Waals surface area contributed by atoms with E-state index >= 15 is 0 Å². The number of nitrogens with one attached hydrogen (secondary N) is 1. The molecule has 0 saturated heterocycles. The molecule has 4 heteroatoms. The van der Waals surface area contributed by atoms with E-state index in [4.69, 9.17) is 0 Å². The Labute approximate surface area is 181 Å². The minimum absolute atomic E-state index is 0.00535. The summed E-state index contributed by atoms with van der Waals surface area (Å²) in [6.07, 6.45) is 2.50. The molecule has 0 heterocycles. The summed E-state index contributed by atoms with van der Waals surface area (Å²) >= 11 is 0. The fourth-order valence-corrected chi connectivity index (χ4v) is 3.59. The molecule has 2 atom stereocenters. The highest BCUT2D eigenvalue weighted by molar-refractivity contribution is 5.88. The monoisotopic (exact) mass is 408 g/mol. The average Bonchev–Trinajstić information content (AvgIpc) is 2.74. The van der Waals surface area contributed by atoms with Crippen molar-refractivity contribution in [2.45, 2.75) is 72.4 Å². The normalized spacial score (nSPS) is 12.8. The van der Waals surface area contributed by atoms with E-state index in [1.165, 1.54) is 5.56 Å². The number of carbonyl (C=O) groups excluding carboxylic acids is 2. The zero-order valence-electron chi connectivity index (χ0n) is 19.1. The molecule has 2 rings (SSSR count). The Morgan fingerprint density at radius 2 is 1.70 bits per heavy atom. The Morgan fingerprint density at radius 1 is 1.00 bits per heavy atom. The van der Waals surface area contributed by atoms with Crippen LogP contribution in [0.15, 0.2) is 48.5 Å². The molecular formula is C26H36N2O2. The Hall–Kier alpha value is -2.62. The fraction of sp³-hybridized carbons (Fsp3) is 0.462. The molecule has 162 valence electrons. The van der Waals surface area contributed by atoms with E-state index < -0.39 is 6.04 Å². The third-order valence-electron chi connectivity index (χ3n) is 5.72. The maximum absolute atomic E-state index is 13.4. The van der Waals surface area contributed by atoms with Crippen LogP contribution < -0.4 is 5.32 Å². The van der Waals surface area contributed by atoms with E-state index in [1.807, 2.05) is 52.8 Å². The van der Waals surface area contributed by atoms with Crippen molar-refractivity contribution in [1.29, 1.82) is 0 Å². The average molecular weight is 409 g/mol. The molecule has 0 aromatic heterocycles. The van der Waals surface area contributed by atoms with E-state index in [1.54, 1.807) is 4.90 Å². The lowest BCUT2D eigenvalue weighted by atomic mass is 10.0. The van der Waals surface area contributed by atoms with Crippen LogP contribution in [0.5, 0.6) is 0 Å². The molecule has 0 radical (unpaired) electrons. The van der Waals surface area contributed by atoms with Gasteiger partial charge in [0.25, 0.3) is 0 Å². The van der Waals surface area contributed by atoms with E-state index in [-0.39, 0.29) is 17.9 Å². The molecule has 2 aromatic carbocycles. The molecule has 0 aliphatic heterocycles. The number of rotatable bonds is 10. The van der Waals surface area contributed by atoms with E-state index in [2.05, 4.69) is 35.6 Å². The van der Waals surface area contributed by atoms with Crippen LogP contribution in [-0.2, 0) is 22.4 Å². The smallest absolute Gasteiger partial charge is 0.243 e. The highest BCUT2D eigenvalue weighted by Crippen LogP contribution is 2.16. The van der Waals surface area contributed by atoms with Crippen molar-refractivity contribution >= 4 is 11.8 Å². The van der Waals surface area contributed by atoms with Crippen LogP contribution in [-0.4, -0.2) is 35.3 Å². The van der Waals surface area contributed by atoms with E-state index in [9.17, 15) is 9.59 Å². The summed E-state index contributed by atoms with van der Waals surface area (Å²) in [5, 5.41) is 3.07. The van der Waals surface area contributed by atoms with Crippen molar-refractivity contribution in [3.63, 3.8) is 0 Å². The van der Waals surface area contributed by atoms with Crippen LogP contribution in [0.3, 0.4) is 0 Å². The van der Waals surface area contributed by atoms with Gasteiger partial charge in [-0.15, -0.1) is 0 Å². The van der Waals surface area contributed by atoms with Gasteiger partial charge in [-0.3, -0.25) is 9.59 Å². The van der Waals surface area contributed by atoms with Gasteiger partial charge >= 0.3 is 0 Å². The molecule has 2 aromatic rings. The number of hydrogen-bond acceptors (Lipinski definition) is 2. The van der Waals surface area contributed by atoms with Crippen molar-refractivity contribution in [3.05, 3.63) is 70.8 Å². The third kappa shape index (κ3) is 6.72. The first-order valence-electron chi connectivity index (χ1n) is 11.1. The van der Waals surface area contributed by atoms with Crippen molar-refractivity contribution in [2.24, 2.45) is 0 Å². The number of aryl methyl sites for hydroxylation is 2. The molecule has 4 nitrogen and oxygen atoms in total. The Kier molecular flexibility index (Phi) is 9.10. The van der Waals surface area contributed by atoms with Crippen LogP contribution in [0.1, 0.15) is 55.9 Å². The van der Waals surface area contributed by atoms with Crippen molar-refractivity contribution in [2.75, 3.05) is 6.54 Å². The molecule has 2 amide bonds. The summed E-state index contributed by atoms with van der Waals surface area (Å²) in [5.74, 6) is -0.0555. The molecular weight excluding hydrogens is 372 g/mol. The number of carbonyl (C=O) groups is 2. The lowest BCUT2D eigenvalue weighted by Gasteiger charge is -2.31. The van der Waals surface area contributed by atoms with Crippen molar-refractivity contribution in [1.82, 2.24) is 10.2 Å². The van der Waals surface area contributed by atoms with Gasteiger partial charge in [0.1, 0.15) is 6.04 Å². The lowest BCUT2D eigenvalue weighted by molar-refractivity contribution is -0.140. The zero-order valence-corrected chi connectivity index (χ0v) is 19.1. The summed E-state index contributed by atoms with van der Waals surface area (Å²) < 4.78 is 0. The van der Waals surface area contributed by atoms with Crippen LogP contribution in [0, 0.1) is 13.8 Å². The highest BCUT2D eigenvalue weighted by atomic mass is 16.2. The maximum Gasteiger partial charge on any atom is 0.243 e. The largest absolute Gasteiger partial charge is 0.352 e. The molecule has 0 unspecified atom stereocenters. The first-order chi connectivity index (χ1) is 14.3. The second-order valence-electron chi connectivity index (χ2n) is 8.17. The highest BCUT2D eigenvalue weighted by Gasteiger charge is 2.29. The predicted molar refractivity (Wildman–Crippen MR) is 123 cm³/mol. The summed E-state index contributed by atoms with van der Waals surface area (Å²) in [5.41, 5.74) is 4.44. The third-order valence-corrected chi connectivity index (χ3v) is 5.72. The minimum atomic E-state index is -0.458. The molecule has 0 aliphatic carbocycles. The minimum Gasteiger partial charge on any atom is -0.352 e. The number of amides is 2. The van der Waals surface area contributed by atoms with Gasteiger partial charge in [0.15, 0.2) is 0 Å². The predicted octanol–water partition coefficient (Wildman–Crippen LogP) is 4.61. The molecule has 30 heavy (non-hydrogen) atoms. The maximum atomic E-state index is 13.4. The van der Waals surface area contributed by atoms with Crippen LogP contribution in [0.4, 0.5) is 0 Å². The second-order valence-corrected chi connectivity index (χ2v) is 8.17. The van der Waals surface area contributed by atoms with Gasteiger partial charge in [0.05, 0.1) is 6.42 Å². The SMILES string of the molecule is CC[C@@H](C)NC(=O)[C@@H](CC)N(CCc1ccccc1)C(=O)Cc1cc(C)ccc1C. The summed E-state index contributed by atoms with van der Waals surface area (Å²) in [4.78, 5) is 28.2. The zero-order chi connectivity index (χ0) is 22.1. The standard InChI is InChI=1S/C26H36N2O2/c1-6-21(5)27-26(30)24(7-2)28(16-15-22-11-9-8-10-12-22)25(29)18-23-17-19(3)13-14-20(23)4/h8-14,17,21,24H,6-7,15-16,18H2,1-5H3,(H,27,30)/t21-,24-/m1/s1. The van der Waals surface area contributed by atoms with Gasteiger partial charge in [0.2, 0.25) is 11.8 Å². The van der Waals surface area contributed by atoms with Crippen LogP contribution in [0.2, 0.25) is 0 Å². The molecule has 0 fully saturated rings. The number of hydrogen-bond donors (Lipinski definition) is 1. The molecule has 0 bridgehead atoms. The van der Waals surface area contributed by atoms with Crippen LogP contribution >= 0.6 is 0 Å². The van der Waals surface area contributed by atoms with Gasteiger partial charge in [-0.1, -0.05) is 67.9 Å². The van der Waals surface area contributed by atoms with Gasteiger partial charge in [-0.25, -0.2) is 0 Å². The molecule has 0 aliphatic rings. The second kappa shape index (κ2) is 11.5. The lowest BCUT2D eigenvalue weighted by Crippen LogP contribution is -2.52. The van der Waals surface area contributed by atoms with Gasteiger partial charge in [-0.05, 0) is 56.7 Å². The first-order valence-corrected chi connectivity index (χ1v) is 11.1. The summed E-state index contributed by atoms with van der Waals surface area (Å²) in [7, 11) is 0. The van der Waals surface area contributed by atoms with E-state index in [0.29, 0.717) is 19.4 Å². The summed E-state index contributed by atoms with van der Waals surface area (Å²) in [6, 6.07) is 15.9. The van der Waals surface area contributed by atoms with Crippen LogP contribution in [0.25, 0.3) is 0 Å². The quantitative estimate of drug-likeness (QED) is 0.624. The van der Waals surface area contributed by atoms with Gasteiger partial charge in [-0.2, -0.15) is 0 Å². The Bertz CT molecular complexity index is 832. The molecule has 0 spiro atoms. The topological polar surface area (TPSA) is 49.4 Å². The number of benzene rings is 2. The van der Waals surface area contributed by atoms with E-state index in [0.717, 1.165) is 29.5 Å². The Balaban J connectivity index is 2.24. The molecule has 1 N–H and O–H groups in total. The van der Waals surface area contributed by atoms with Gasteiger partial charge < -0.3 is 10.2 Å². The van der Waals surface area contributed by atoms with Gasteiger partial charge in [0, 0.05) is 12.6 Å². The Morgan fingerprint density at radius 3 is 2.33 bits per heavy atom. The van der Waals surface area contributed by atoms with Crippen molar-refractivity contribution in [3.8, 4) is 0 Å². The summed E-state index contributed by atoms with van der Waals surface area (Å²) in [6.45, 7) is 10.6. The fourth-order valence-electron chi connectivity index (χ4n) is 3.59. The molecule has 0 saturated carbocycles. The van der Waals surface area contributed by atoms with Crippen molar-refractivity contribution < 1.29 is 9.59 Å². The number of nitrogens with zero attached hydrogens (tertiary/aromatic N) is 1. The first kappa shape index (κ1) is 23.7.